The SMILES string of the molecule is C=C(C(=O)OCCO)C1([SiH3])CCCCO1. The summed E-state index contributed by atoms with van der Waals surface area (Å²) in [5.74, 6) is -0.444. The molecule has 1 aliphatic heterocycles. The van der Waals surface area contributed by atoms with E-state index in [0.29, 0.717) is 12.2 Å². The Morgan fingerprint density at radius 2 is 2.33 bits per heavy atom. The van der Waals surface area contributed by atoms with E-state index in [-0.39, 0.29) is 13.2 Å². The normalized spacial score (nSPS) is 26.2. The van der Waals surface area contributed by atoms with Crippen LogP contribution in [0, 0.1) is 0 Å². The van der Waals surface area contributed by atoms with Gasteiger partial charge < -0.3 is 14.6 Å². The first-order chi connectivity index (χ1) is 7.10. The number of rotatable bonds is 4. The molecule has 86 valence electrons. The number of esters is 1. The van der Waals surface area contributed by atoms with Crippen LogP contribution in [0.2, 0.25) is 0 Å². The molecule has 0 spiro atoms. The number of aliphatic hydroxyl groups is 1. The van der Waals surface area contributed by atoms with Crippen molar-refractivity contribution in [3.63, 3.8) is 0 Å². The summed E-state index contributed by atoms with van der Waals surface area (Å²) in [5, 5.41) is 8.09. The van der Waals surface area contributed by atoms with E-state index >= 15 is 0 Å². The highest BCUT2D eigenvalue weighted by atomic mass is 28.1. The van der Waals surface area contributed by atoms with Gasteiger partial charge in [-0.25, -0.2) is 4.79 Å². The van der Waals surface area contributed by atoms with Crippen LogP contribution in [0.4, 0.5) is 0 Å². The van der Waals surface area contributed by atoms with Crippen LogP contribution in [0.1, 0.15) is 19.3 Å². The third-order valence-electron chi connectivity index (χ3n) is 2.68. The summed E-state index contributed by atoms with van der Waals surface area (Å²) in [5.41, 5.74) is 0.405. The minimum Gasteiger partial charge on any atom is -0.460 e. The Balaban J connectivity index is 2.53. The van der Waals surface area contributed by atoms with Crippen molar-refractivity contribution in [3.8, 4) is 0 Å². The predicted octanol–water partition coefficient (Wildman–Crippen LogP) is -0.660. The standard InChI is InChI=1S/C10H18O4Si/c1-8(9(12)13-7-5-11)10(15)4-2-3-6-14-10/h11H,1-7H2,15H3. The Morgan fingerprint density at radius 3 is 2.87 bits per heavy atom. The summed E-state index contributed by atoms with van der Waals surface area (Å²) in [6.07, 6.45) is 2.96. The van der Waals surface area contributed by atoms with Crippen LogP contribution < -0.4 is 0 Å². The van der Waals surface area contributed by atoms with E-state index in [1.807, 2.05) is 0 Å². The molecule has 0 amide bonds. The molecule has 0 saturated carbocycles. The first-order valence-corrected chi connectivity index (χ1v) is 6.21. The van der Waals surface area contributed by atoms with Gasteiger partial charge in [0.15, 0.2) is 0 Å². The van der Waals surface area contributed by atoms with Crippen LogP contribution in [-0.4, -0.2) is 46.4 Å². The molecule has 5 heteroatoms. The fourth-order valence-corrected chi connectivity index (χ4v) is 2.38. The van der Waals surface area contributed by atoms with Crippen molar-refractivity contribution in [1.29, 1.82) is 0 Å². The molecule has 1 saturated heterocycles. The quantitative estimate of drug-likeness (QED) is 0.396. The summed E-state index contributed by atoms with van der Waals surface area (Å²) in [4.78, 5) is 11.5. The van der Waals surface area contributed by atoms with Gasteiger partial charge in [-0.2, -0.15) is 0 Å². The predicted molar refractivity (Wildman–Crippen MR) is 59.7 cm³/mol. The van der Waals surface area contributed by atoms with Crippen molar-refractivity contribution in [2.24, 2.45) is 0 Å². The largest absolute Gasteiger partial charge is 0.460 e. The molecule has 1 N–H and O–H groups in total. The number of carbonyl (C=O) groups excluding carboxylic acids is 1. The molecule has 1 aliphatic rings. The minimum absolute atomic E-state index is 0.0233. The summed E-state index contributed by atoms with van der Waals surface area (Å²) >= 11 is 0. The number of carbonyl (C=O) groups is 1. The maximum atomic E-state index is 11.5. The zero-order valence-electron chi connectivity index (χ0n) is 9.12. The van der Waals surface area contributed by atoms with Crippen LogP contribution in [-0.2, 0) is 14.3 Å². The highest BCUT2D eigenvalue weighted by Crippen LogP contribution is 2.28. The van der Waals surface area contributed by atoms with Gasteiger partial charge in [0.1, 0.15) is 6.61 Å². The summed E-state index contributed by atoms with van der Waals surface area (Å²) in [7, 11) is 0.735. The minimum atomic E-state index is -0.454. The summed E-state index contributed by atoms with van der Waals surface area (Å²) in [6, 6.07) is 0. The lowest BCUT2D eigenvalue weighted by atomic mass is 10.0. The molecule has 0 aromatic carbocycles. The highest BCUT2D eigenvalue weighted by Gasteiger charge is 2.35. The fourth-order valence-electron chi connectivity index (χ4n) is 1.61. The van der Waals surface area contributed by atoms with Gasteiger partial charge in [-0.3, -0.25) is 0 Å². The van der Waals surface area contributed by atoms with Gasteiger partial charge >= 0.3 is 5.97 Å². The zero-order valence-corrected chi connectivity index (χ0v) is 11.1. The Bertz CT molecular complexity index is 246. The molecule has 1 atom stereocenters. The second kappa shape index (κ2) is 5.44. The van der Waals surface area contributed by atoms with Gasteiger partial charge in [0, 0.05) is 16.8 Å². The van der Waals surface area contributed by atoms with Crippen molar-refractivity contribution >= 4 is 16.2 Å². The third-order valence-corrected chi connectivity index (χ3v) is 4.07. The van der Waals surface area contributed by atoms with E-state index in [1.54, 1.807) is 0 Å². The van der Waals surface area contributed by atoms with Crippen molar-refractivity contribution in [2.45, 2.75) is 24.5 Å². The number of ether oxygens (including phenoxy) is 2. The number of hydrogen-bond donors (Lipinski definition) is 1. The Labute approximate surface area is 92.7 Å². The molecule has 0 radical (unpaired) electrons. The van der Waals surface area contributed by atoms with E-state index in [2.05, 4.69) is 6.58 Å². The monoisotopic (exact) mass is 230 g/mol. The molecular formula is C10H18O4Si. The molecule has 0 aromatic rings. The lowest BCUT2D eigenvalue weighted by Gasteiger charge is -2.34. The molecule has 1 rings (SSSR count). The molecule has 1 unspecified atom stereocenters. The van der Waals surface area contributed by atoms with Crippen LogP contribution in [0.25, 0.3) is 0 Å². The van der Waals surface area contributed by atoms with Crippen molar-refractivity contribution < 1.29 is 19.4 Å². The third kappa shape index (κ3) is 3.15. The molecule has 4 nitrogen and oxygen atoms in total. The summed E-state index contributed by atoms with van der Waals surface area (Å²) in [6.45, 7) is 4.31. The van der Waals surface area contributed by atoms with Gasteiger partial charge in [0.05, 0.1) is 17.4 Å². The van der Waals surface area contributed by atoms with Gasteiger partial charge in [0.25, 0.3) is 0 Å². The fraction of sp³-hybridized carbons (Fsp3) is 0.700. The van der Waals surface area contributed by atoms with Gasteiger partial charge in [-0.1, -0.05) is 6.58 Å². The molecule has 1 heterocycles. The van der Waals surface area contributed by atoms with Gasteiger partial charge in [0.2, 0.25) is 0 Å². The lowest BCUT2D eigenvalue weighted by molar-refractivity contribution is -0.142. The molecular weight excluding hydrogens is 212 g/mol. The van der Waals surface area contributed by atoms with Crippen LogP contribution in [0.3, 0.4) is 0 Å². The molecule has 15 heavy (non-hydrogen) atoms. The van der Waals surface area contributed by atoms with Gasteiger partial charge in [-0.15, -0.1) is 0 Å². The molecule has 0 aromatic heterocycles. The zero-order chi connectivity index (χ0) is 11.3. The maximum Gasteiger partial charge on any atom is 0.336 e. The van der Waals surface area contributed by atoms with Crippen LogP contribution in [0.5, 0.6) is 0 Å². The van der Waals surface area contributed by atoms with Crippen LogP contribution in [0.15, 0.2) is 12.2 Å². The van der Waals surface area contributed by atoms with Crippen molar-refractivity contribution in [2.75, 3.05) is 19.8 Å². The maximum absolute atomic E-state index is 11.5. The van der Waals surface area contributed by atoms with E-state index in [1.165, 1.54) is 0 Å². The molecule has 0 aliphatic carbocycles. The first-order valence-electron chi connectivity index (χ1n) is 5.21. The Morgan fingerprint density at radius 1 is 1.60 bits per heavy atom. The van der Waals surface area contributed by atoms with E-state index in [4.69, 9.17) is 14.6 Å². The Kier molecular flexibility index (Phi) is 4.50. The second-order valence-electron chi connectivity index (χ2n) is 3.87. The second-order valence-corrected chi connectivity index (χ2v) is 5.49. The van der Waals surface area contributed by atoms with E-state index in [0.717, 1.165) is 29.5 Å². The topological polar surface area (TPSA) is 55.8 Å². The van der Waals surface area contributed by atoms with Crippen molar-refractivity contribution in [1.82, 2.24) is 0 Å². The Hall–Kier alpha value is -0.653. The smallest absolute Gasteiger partial charge is 0.336 e. The number of hydrogen-bond acceptors (Lipinski definition) is 4. The van der Waals surface area contributed by atoms with E-state index in [9.17, 15) is 4.79 Å². The summed E-state index contributed by atoms with van der Waals surface area (Å²) < 4.78 is 10.5. The number of aliphatic hydroxyl groups excluding tert-OH is 1. The van der Waals surface area contributed by atoms with Crippen molar-refractivity contribution in [3.05, 3.63) is 12.2 Å². The molecule has 0 bridgehead atoms. The average molecular weight is 230 g/mol. The first kappa shape index (κ1) is 12.4. The lowest BCUT2D eigenvalue weighted by Crippen LogP contribution is -2.41. The molecule has 1 fully saturated rings. The highest BCUT2D eigenvalue weighted by molar-refractivity contribution is 6.20. The van der Waals surface area contributed by atoms with Crippen LogP contribution >= 0.6 is 0 Å². The average Bonchev–Trinajstić information content (AvgIpc) is 2.26. The van der Waals surface area contributed by atoms with Gasteiger partial charge in [-0.05, 0) is 19.3 Å². The van der Waals surface area contributed by atoms with E-state index < -0.39 is 11.2 Å².